The molecule has 1 fully saturated rings. The first-order valence-corrected chi connectivity index (χ1v) is 9.92. The molecule has 3 aromatic heterocycles. The van der Waals surface area contributed by atoms with E-state index in [4.69, 9.17) is 4.42 Å². The molecule has 1 atom stereocenters. The summed E-state index contributed by atoms with van der Waals surface area (Å²) >= 11 is 1.73. The lowest BCUT2D eigenvalue weighted by Crippen LogP contribution is -2.48. The van der Waals surface area contributed by atoms with Crippen LogP contribution in [0.25, 0.3) is 11.5 Å². The zero-order valence-corrected chi connectivity index (χ0v) is 16.0. The average molecular weight is 385 g/mol. The highest BCUT2D eigenvalue weighted by Crippen LogP contribution is 2.26. The van der Waals surface area contributed by atoms with Gasteiger partial charge in [0.05, 0.1) is 12.3 Å². The third-order valence-electron chi connectivity index (χ3n) is 4.90. The molecule has 0 aromatic carbocycles. The number of furan rings is 1. The maximum Gasteiger partial charge on any atom is 0.271 e. The number of carbonyl (C=O) groups excluding carboxylic acids is 1. The quantitative estimate of drug-likeness (QED) is 0.682. The Balaban J connectivity index is 1.42. The maximum atomic E-state index is 12.6. The molecule has 0 bridgehead atoms. The summed E-state index contributed by atoms with van der Waals surface area (Å²) in [6.45, 7) is 4.65. The van der Waals surface area contributed by atoms with Crippen LogP contribution < -0.4 is 5.32 Å². The van der Waals surface area contributed by atoms with Gasteiger partial charge in [-0.15, -0.1) is 11.3 Å². The van der Waals surface area contributed by atoms with E-state index < -0.39 is 0 Å². The van der Waals surface area contributed by atoms with Gasteiger partial charge in [-0.25, -0.2) is 0 Å². The van der Waals surface area contributed by atoms with Crippen molar-refractivity contribution in [1.82, 2.24) is 25.3 Å². The number of nitrogens with one attached hydrogen (secondary N) is 2. The molecule has 142 valence electrons. The third-order valence-corrected chi connectivity index (χ3v) is 5.88. The van der Waals surface area contributed by atoms with Crippen LogP contribution in [0.3, 0.4) is 0 Å². The zero-order valence-electron chi connectivity index (χ0n) is 15.2. The van der Waals surface area contributed by atoms with Gasteiger partial charge in [0.15, 0.2) is 11.5 Å². The van der Waals surface area contributed by atoms with E-state index in [1.54, 1.807) is 29.7 Å². The predicted octanol–water partition coefficient (Wildman–Crippen LogP) is 2.45. The molecule has 0 spiro atoms. The molecule has 1 amide bonds. The number of carbonyl (C=O) groups is 1. The standard InChI is InChI=1S/C19H23N5O2S/c1-23-6-8-24(9-7-23)16(18-5-3-11-27-18)13-20-19(25)15-12-14(21-22-15)17-4-2-10-26-17/h2-5,10-12,16H,6-9,13H2,1H3,(H,20,25)(H,21,22)/t16-/m0/s1. The van der Waals surface area contributed by atoms with Crippen LogP contribution in [-0.2, 0) is 0 Å². The van der Waals surface area contributed by atoms with Crippen molar-refractivity contribution >= 4 is 17.2 Å². The smallest absolute Gasteiger partial charge is 0.271 e. The zero-order chi connectivity index (χ0) is 18.6. The Labute approximate surface area is 162 Å². The van der Waals surface area contributed by atoms with Gasteiger partial charge in [0.2, 0.25) is 0 Å². The minimum absolute atomic E-state index is 0.181. The summed E-state index contributed by atoms with van der Waals surface area (Å²) in [5, 5.41) is 12.1. The van der Waals surface area contributed by atoms with Crippen molar-refractivity contribution in [2.45, 2.75) is 6.04 Å². The number of likely N-dealkylation sites (N-methyl/N-ethyl adjacent to an activating group) is 1. The first kappa shape index (κ1) is 18.0. The summed E-state index contributed by atoms with van der Waals surface area (Å²) in [6, 6.07) is 9.74. The van der Waals surface area contributed by atoms with Gasteiger partial charge in [0.1, 0.15) is 5.69 Å². The lowest BCUT2D eigenvalue weighted by atomic mass is 10.1. The second-order valence-corrected chi connectivity index (χ2v) is 7.70. The van der Waals surface area contributed by atoms with Crippen LogP contribution in [0, 0.1) is 0 Å². The van der Waals surface area contributed by atoms with Gasteiger partial charge >= 0.3 is 0 Å². The lowest BCUT2D eigenvalue weighted by Gasteiger charge is -2.37. The Bertz CT molecular complexity index is 851. The second kappa shape index (κ2) is 8.08. The van der Waals surface area contributed by atoms with Crippen molar-refractivity contribution in [3.05, 3.63) is 52.5 Å². The largest absolute Gasteiger partial charge is 0.463 e. The molecule has 0 unspecified atom stereocenters. The second-order valence-electron chi connectivity index (χ2n) is 6.72. The van der Waals surface area contributed by atoms with Crippen LogP contribution in [0.1, 0.15) is 21.4 Å². The van der Waals surface area contributed by atoms with Crippen LogP contribution in [0.5, 0.6) is 0 Å². The summed E-state index contributed by atoms with van der Waals surface area (Å²) in [5.41, 5.74) is 1.06. The van der Waals surface area contributed by atoms with Crippen LogP contribution >= 0.6 is 11.3 Å². The first-order chi connectivity index (χ1) is 13.2. The van der Waals surface area contributed by atoms with Gasteiger partial charge in [0, 0.05) is 43.7 Å². The number of aromatic amines is 1. The van der Waals surface area contributed by atoms with Crippen molar-refractivity contribution in [2.24, 2.45) is 0 Å². The SMILES string of the molecule is CN1CCN([C@@H](CNC(=O)c2cc(-c3ccco3)[nH]n2)c2cccs2)CC1. The lowest BCUT2D eigenvalue weighted by molar-refractivity contribution is 0.0886. The number of aromatic nitrogens is 2. The van der Waals surface area contributed by atoms with E-state index in [0.29, 0.717) is 23.7 Å². The summed E-state index contributed by atoms with van der Waals surface area (Å²) in [7, 11) is 2.15. The number of hydrogen-bond donors (Lipinski definition) is 2. The molecule has 8 heteroatoms. The molecule has 0 saturated carbocycles. The molecule has 3 aromatic rings. The Hall–Kier alpha value is -2.42. The highest BCUT2D eigenvalue weighted by molar-refractivity contribution is 7.10. The maximum absolute atomic E-state index is 12.6. The van der Waals surface area contributed by atoms with Gasteiger partial charge in [-0.1, -0.05) is 6.07 Å². The van der Waals surface area contributed by atoms with Crippen molar-refractivity contribution in [3.8, 4) is 11.5 Å². The van der Waals surface area contributed by atoms with Crippen LogP contribution in [0.4, 0.5) is 0 Å². The highest BCUT2D eigenvalue weighted by Gasteiger charge is 2.25. The first-order valence-electron chi connectivity index (χ1n) is 9.04. The molecule has 1 aliphatic rings. The van der Waals surface area contributed by atoms with Gasteiger partial charge < -0.3 is 14.6 Å². The minimum Gasteiger partial charge on any atom is -0.463 e. The number of nitrogens with zero attached hydrogens (tertiary/aromatic N) is 3. The molecule has 27 heavy (non-hydrogen) atoms. The fraction of sp³-hybridized carbons (Fsp3) is 0.368. The van der Waals surface area contributed by atoms with E-state index >= 15 is 0 Å². The number of amides is 1. The average Bonchev–Trinajstić information content (AvgIpc) is 3.44. The molecule has 1 aliphatic heterocycles. The topological polar surface area (TPSA) is 77.4 Å². The van der Waals surface area contributed by atoms with Gasteiger partial charge in [-0.2, -0.15) is 5.10 Å². The molecule has 4 heterocycles. The van der Waals surface area contributed by atoms with Crippen molar-refractivity contribution in [3.63, 3.8) is 0 Å². The summed E-state index contributed by atoms with van der Waals surface area (Å²) in [4.78, 5) is 18.6. The van der Waals surface area contributed by atoms with E-state index in [2.05, 4.69) is 49.9 Å². The Morgan fingerprint density at radius 1 is 1.33 bits per heavy atom. The van der Waals surface area contributed by atoms with Crippen LogP contribution in [0.2, 0.25) is 0 Å². The molecular formula is C19H23N5O2S. The molecule has 2 N–H and O–H groups in total. The van der Waals surface area contributed by atoms with Gasteiger partial charge in [-0.05, 0) is 30.6 Å². The van der Waals surface area contributed by atoms with E-state index in [1.165, 1.54) is 4.88 Å². The highest BCUT2D eigenvalue weighted by atomic mass is 32.1. The number of thiophene rings is 1. The van der Waals surface area contributed by atoms with E-state index in [9.17, 15) is 4.79 Å². The van der Waals surface area contributed by atoms with Crippen LogP contribution in [0.15, 0.2) is 46.4 Å². The molecule has 0 radical (unpaired) electrons. The minimum atomic E-state index is -0.181. The Kier molecular flexibility index (Phi) is 5.38. The van der Waals surface area contributed by atoms with Crippen molar-refractivity contribution in [2.75, 3.05) is 39.8 Å². The van der Waals surface area contributed by atoms with E-state index in [-0.39, 0.29) is 11.9 Å². The van der Waals surface area contributed by atoms with Crippen molar-refractivity contribution < 1.29 is 9.21 Å². The summed E-state index contributed by atoms with van der Waals surface area (Å²) < 4.78 is 5.34. The monoisotopic (exact) mass is 385 g/mol. The number of hydrogen-bond acceptors (Lipinski definition) is 6. The number of piperazine rings is 1. The fourth-order valence-corrected chi connectivity index (χ4v) is 4.16. The van der Waals surface area contributed by atoms with E-state index in [0.717, 1.165) is 26.2 Å². The Morgan fingerprint density at radius 3 is 2.89 bits per heavy atom. The Morgan fingerprint density at radius 2 is 2.19 bits per heavy atom. The molecule has 4 rings (SSSR count). The molecule has 7 nitrogen and oxygen atoms in total. The summed E-state index contributed by atoms with van der Waals surface area (Å²) in [5.74, 6) is 0.482. The predicted molar refractivity (Wildman–Crippen MR) is 105 cm³/mol. The number of rotatable bonds is 6. The van der Waals surface area contributed by atoms with Crippen molar-refractivity contribution in [1.29, 1.82) is 0 Å². The normalized spacial score (nSPS) is 17.1. The fourth-order valence-electron chi connectivity index (χ4n) is 3.30. The third kappa shape index (κ3) is 4.13. The molecular weight excluding hydrogens is 362 g/mol. The van der Waals surface area contributed by atoms with Crippen LogP contribution in [-0.4, -0.2) is 65.7 Å². The number of H-pyrrole nitrogens is 1. The van der Waals surface area contributed by atoms with E-state index in [1.807, 2.05) is 6.07 Å². The molecule has 0 aliphatic carbocycles. The summed E-state index contributed by atoms with van der Waals surface area (Å²) in [6.07, 6.45) is 1.59. The van der Waals surface area contributed by atoms with Gasteiger partial charge in [-0.3, -0.25) is 14.8 Å². The van der Waals surface area contributed by atoms with Gasteiger partial charge in [0.25, 0.3) is 5.91 Å². The molecule has 1 saturated heterocycles.